The first-order valence-corrected chi connectivity index (χ1v) is 6.67. The van der Waals surface area contributed by atoms with Gasteiger partial charge in [-0.3, -0.25) is 4.90 Å². The molecule has 0 unspecified atom stereocenters. The summed E-state index contributed by atoms with van der Waals surface area (Å²) in [5.41, 5.74) is 5.55. The largest absolute Gasteiger partial charge is 0.451 e. The van der Waals surface area contributed by atoms with Gasteiger partial charge in [-0.1, -0.05) is 0 Å². The Bertz CT molecular complexity index is 625. The topological polar surface area (TPSA) is 72.9 Å². The van der Waals surface area contributed by atoms with Crippen molar-refractivity contribution < 1.29 is 13.2 Å². The Kier molecular flexibility index (Phi) is 4.40. The van der Waals surface area contributed by atoms with Crippen LogP contribution in [0.25, 0.3) is 0 Å². The summed E-state index contributed by atoms with van der Waals surface area (Å²) in [7, 11) is 0. The summed E-state index contributed by atoms with van der Waals surface area (Å²) in [6.07, 6.45) is -2.78. The van der Waals surface area contributed by atoms with E-state index in [1.54, 1.807) is 6.20 Å². The highest BCUT2D eigenvalue weighted by Crippen LogP contribution is 2.29. The smallest absolute Gasteiger partial charge is 0.375 e. The minimum Gasteiger partial charge on any atom is -0.375 e. The third-order valence-corrected chi connectivity index (χ3v) is 3.85. The van der Waals surface area contributed by atoms with E-state index in [4.69, 9.17) is 5.73 Å². The van der Waals surface area contributed by atoms with Crippen molar-refractivity contribution in [2.24, 2.45) is 0 Å². The number of alkyl halides is 3. The number of hydrogen-bond acceptors (Lipinski definition) is 6. The molecule has 0 saturated carbocycles. The van der Waals surface area contributed by atoms with Gasteiger partial charge in [0.25, 0.3) is 0 Å². The molecule has 21 heavy (non-hydrogen) atoms. The predicted molar refractivity (Wildman–Crippen MR) is 72.9 cm³/mol. The van der Waals surface area contributed by atoms with Gasteiger partial charge < -0.3 is 10.3 Å². The molecule has 116 valence electrons. The summed E-state index contributed by atoms with van der Waals surface area (Å²) in [6.45, 7) is 1.67. The Morgan fingerprint density at radius 3 is 2.67 bits per heavy atom. The molecule has 0 bridgehead atoms. The second kappa shape index (κ2) is 5.78. The molecule has 3 heterocycles. The minimum atomic E-state index is -4.46. The van der Waals surface area contributed by atoms with Crippen LogP contribution >= 0.6 is 23.7 Å². The van der Waals surface area contributed by atoms with Crippen molar-refractivity contribution in [3.8, 4) is 0 Å². The molecule has 6 nitrogen and oxygen atoms in total. The van der Waals surface area contributed by atoms with Crippen LogP contribution in [0, 0.1) is 0 Å². The van der Waals surface area contributed by atoms with E-state index >= 15 is 0 Å². The molecule has 0 aliphatic carbocycles. The van der Waals surface area contributed by atoms with Crippen molar-refractivity contribution in [2.45, 2.75) is 25.8 Å². The SMILES string of the molecule is Cl.Nc1ncc(CN2CCn3c(nnc3C(F)(F)F)C2)s1. The van der Waals surface area contributed by atoms with Gasteiger partial charge in [0, 0.05) is 30.7 Å². The number of halogens is 4. The molecule has 0 fully saturated rings. The second-order valence-electron chi connectivity index (χ2n) is 4.46. The van der Waals surface area contributed by atoms with Crippen molar-refractivity contribution in [3.63, 3.8) is 0 Å². The number of hydrogen-bond donors (Lipinski definition) is 1. The van der Waals surface area contributed by atoms with Gasteiger partial charge in [0.2, 0.25) is 5.82 Å². The van der Waals surface area contributed by atoms with Crippen LogP contribution in [0.5, 0.6) is 0 Å². The quantitative estimate of drug-likeness (QED) is 0.902. The lowest BCUT2D eigenvalue weighted by atomic mass is 10.3. The van der Waals surface area contributed by atoms with E-state index in [-0.39, 0.29) is 19.0 Å². The summed E-state index contributed by atoms with van der Waals surface area (Å²) in [6, 6.07) is 0. The van der Waals surface area contributed by atoms with Crippen molar-refractivity contribution in [3.05, 3.63) is 22.7 Å². The van der Waals surface area contributed by atoms with Crippen molar-refractivity contribution in [2.75, 3.05) is 12.3 Å². The van der Waals surface area contributed by atoms with Gasteiger partial charge in [-0.2, -0.15) is 13.2 Å². The van der Waals surface area contributed by atoms with Crippen LogP contribution in [0.15, 0.2) is 6.20 Å². The van der Waals surface area contributed by atoms with Crippen molar-refractivity contribution >= 4 is 28.9 Å². The molecule has 3 rings (SSSR count). The fourth-order valence-electron chi connectivity index (χ4n) is 2.17. The van der Waals surface area contributed by atoms with Gasteiger partial charge >= 0.3 is 6.18 Å². The Morgan fingerprint density at radius 2 is 2.05 bits per heavy atom. The highest BCUT2D eigenvalue weighted by molar-refractivity contribution is 7.15. The van der Waals surface area contributed by atoms with Crippen molar-refractivity contribution in [1.29, 1.82) is 0 Å². The Hall–Kier alpha value is -1.39. The molecule has 2 aromatic heterocycles. The number of nitrogen functional groups attached to an aromatic ring is 1. The Morgan fingerprint density at radius 1 is 1.29 bits per heavy atom. The first-order valence-electron chi connectivity index (χ1n) is 5.85. The van der Waals surface area contributed by atoms with Crippen LogP contribution in [0.2, 0.25) is 0 Å². The van der Waals surface area contributed by atoms with Gasteiger partial charge in [-0.05, 0) is 0 Å². The molecule has 0 aromatic carbocycles. The Labute approximate surface area is 128 Å². The van der Waals surface area contributed by atoms with Gasteiger partial charge in [-0.25, -0.2) is 4.98 Å². The third kappa shape index (κ3) is 3.27. The molecule has 2 aromatic rings. The normalized spacial score (nSPS) is 15.6. The molecule has 0 atom stereocenters. The minimum absolute atomic E-state index is 0. The zero-order valence-electron chi connectivity index (χ0n) is 10.7. The lowest BCUT2D eigenvalue weighted by molar-refractivity contribution is -0.148. The average molecular weight is 341 g/mol. The molecule has 11 heteroatoms. The number of rotatable bonds is 2. The molecule has 1 aliphatic heterocycles. The number of nitrogens with zero attached hydrogens (tertiary/aromatic N) is 5. The van der Waals surface area contributed by atoms with Crippen LogP contribution in [0.1, 0.15) is 16.5 Å². The van der Waals surface area contributed by atoms with E-state index in [0.717, 1.165) is 9.44 Å². The zero-order valence-corrected chi connectivity index (χ0v) is 12.3. The standard InChI is InChI=1S/C10H11F3N6S.ClH/c11-10(12,13)8-17-16-7-5-18(1-2-19(7)8)4-6-3-15-9(14)20-6;/h3H,1-2,4-5H2,(H2,14,15);1H. The van der Waals surface area contributed by atoms with E-state index < -0.39 is 12.0 Å². The summed E-state index contributed by atoms with van der Waals surface area (Å²) in [4.78, 5) is 6.93. The van der Waals surface area contributed by atoms with E-state index in [1.807, 2.05) is 4.90 Å². The molecule has 1 aliphatic rings. The van der Waals surface area contributed by atoms with E-state index in [1.165, 1.54) is 11.3 Å². The monoisotopic (exact) mass is 340 g/mol. The summed E-state index contributed by atoms with van der Waals surface area (Å²) >= 11 is 1.37. The fraction of sp³-hybridized carbons (Fsp3) is 0.500. The third-order valence-electron chi connectivity index (χ3n) is 3.04. The summed E-state index contributed by atoms with van der Waals surface area (Å²) in [5.74, 6) is -0.588. The van der Waals surface area contributed by atoms with Crippen molar-refractivity contribution in [1.82, 2.24) is 24.6 Å². The van der Waals surface area contributed by atoms with Crippen LogP contribution in [-0.2, 0) is 25.8 Å². The van der Waals surface area contributed by atoms with Gasteiger partial charge in [-0.15, -0.1) is 33.9 Å². The molecule has 0 spiro atoms. The summed E-state index contributed by atoms with van der Waals surface area (Å²) < 4.78 is 39.2. The zero-order chi connectivity index (χ0) is 14.3. The first-order chi connectivity index (χ1) is 9.43. The molecule has 2 N–H and O–H groups in total. The van der Waals surface area contributed by atoms with Crippen LogP contribution in [0.3, 0.4) is 0 Å². The second-order valence-corrected chi connectivity index (χ2v) is 5.61. The van der Waals surface area contributed by atoms with E-state index in [2.05, 4.69) is 15.2 Å². The fourth-order valence-corrected chi connectivity index (χ4v) is 2.90. The summed E-state index contributed by atoms with van der Waals surface area (Å²) in [5, 5.41) is 7.37. The van der Waals surface area contributed by atoms with Gasteiger partial charge in [0.05, 0.1) is 6.54 Å². The predicted octanol–water partition coefficient (Wildman–Crippen LogP) is 1.77. The maximum absolute atomic E-state index is 12.7. The Balaban J connectivity index is 0.00000161. The van der Waals surface area contributed by atoms with E-state index in [0.29, 0.717) is 30.6 Å². The molecule has 0 amide bonds. The lowest BCUT2D eigenvalue weighted by Crippen LogP contribution is -2.34. The maximum atomic E-state index is 12.7. The maximum Gasteiger partial charge on any atom is 0.451 e. The molecule has 0 saturated heterocycles. The number of fused-ring (bicyclic) bond motifs is 1. The van der Waals surface area contributed by atoms with Crippen LogP contribution < -0.4 is 5.73 Å². The van der Waals surface area contributed by atoms with Gasteiger partial charge in [0.1, 0.15) is 5.82 Å². The highest BCUT2D eigenvalue weighted by atomic mass is 35.5. The number of nitrogens with two attached hydrogens (primary N) is 1. The highest BCUT2D eigenvalue weighted by Gasteiger charge is 2.39. The molecular weight excluding hydrogens is 329 g/mol. The van der Waals surface area contributed by atoms with Crippen LogP contribution in [0.4, 0.5) is 18.3 Å². The van der Waals surface area contributed by atoms with E-state index in [9.17, 15) is 13.2 Å². The number of aromatic nitrogens is 4. The number of thiazole rings is 1. The van der Waals surface area contributed by atoms with Crippen LogP contribution in [-0.4, -0.2) is 31.2 Å². The lowest BCUT2D eigenvalue weighted by Gasteiger charge is -2.27. The van der Waals surface area contributed by atoms with Gasteiger partial charge in [0.15, 0.2) is 5.13 Å². The molecular formula is C10H12ClF3N6S. The number of anilines is 1. The average Bonchev–Trinajstić information content (AvgIpc) is 2.94. The molecule has 0 radical (unpaired) electrons. The first kappa shape index (κ1) is 16.0.